The van der Waals surface area contributed by atoms with E-state index in [0.29, 0.717) is 13.1 Å². The van der Waals surface area contributed by atoms with Gasteiger partial charge in [-0.15, -0.1) is 0 Å². The average Bonchev–Trinajstić information content (AvgIpc) is 3.05. The van der Waals surface area contributed by atoms with E-state index in [-0.39, 0.29) is 13.2 Å². The molecular formula is C24H28N3O3+. The zero-order valence-corrected chi connectivity index (χ0v) is 17.7. The quantitative estimate of drug-likeness (QED) is 0.617. The van der Waals surface area contributed by atoms with E-state index in [4.69, 9.17) is 4.42 Å². The monoisotopic (exact) mass is 406 g/mol. The molecule has 0 aliphatic carbocycles. The average molecular weight is 407 g/mol. The SMILES string of the molecule is Cc1ccc2oc(/C=C3/C=C(N(CCO)CCO)N(C)c4ccccc43)[n+](C)c2c1. The lowest BCUT2D eigenvalue weighted by atomic mass is 9.98. The van der Waals surface area contributed by atoms with Gasteiger partial charge in [0.15, 0.2) is 0 Å². The van der Waals surface area contributed by atoms with Gasteiger partial charge < -0.3 is 24.4 Å². The molecule has 0 fully saturated rings. The van der Waals surface area contributed by atoms with Crippen molar-refractivity contribution in [3.63, 3.8) is 0 Å². The predicted octanol–water partition coefficient (Wildman–Crippen LogP) is 2.68. The summed E-state index contributed by atoms with van der Waals surface area (Å²) < 4.78 is 8.20. The molecule has 0 spiro atoms. The number of hydrogen-bond acceptors (Lipinski definition) is 5. The Labute approximate surface area is 176 Å². The van der Waals surface area contributed by atoms with Crippen LogP contribution < -0.4 is 9.47 Å². The third-order valence-corrected chi connectivity index (χ3v) is 5.57. The summed E-state index contributed by atoms with van der Waals surface area (Å²) in [5.41, 5.74) is 6.28. The number of aliphatic hydroxyl groups excluding tert-OH is 2. The number of benzene rings is 2. The largest absolute Gasteiger partial charge is 0.398 e. The minimum atomic E-state index is 0.0176. The van der Waals surface area contributed by atoms with Crippen LogP contribution in [0.1, 0.15) is 17.0 Å². The van der Waals surface area contributed by atoms with E-state index in [1.54, 1.807) is 0 Å². The molecule has 0 unspecified atom stereocenters. The fourth-order valence-corrected chi connectivity index (χ4v) is 3.99. The van der Waals surface area contributed by atoms with Gasteiger partial charge in [-0.1, -0.05) is 24.3 Å². The van der Waals surface area contributed by atoms with Crippen LogP contribution in [-0.2, 0) is 7.05 Å². The van der Waals surface area contributed by atoms with Crippen molar-refractivity contribution in [2.24, 2.45) is 7.05 Å². The second-order valence-electron chi connectivity index (χ2n) is 7.58. The summed E-state index contributed by atoms with van der Waals surface area (Å²) >= 11 is 0. The molecule has 1 aliphatic heterocycles. The molecule has 0 saturated heterocycles. The number of anilines is 1. The first-order chi connectivity index (χ1) is 14.5. The molecule has 6 nitrogen and oxygen atoms in total. The second-order valence-corrected chi connectivity index (χ2v) is 7.58. The zero-order chi connectivity index (χ0) is 21.3. The van der Waals surface area contributed by atoms with Crippen LogP contribution in [0.25, 0.3) is 22.7 Å². The highest BCUT2D eigenvalue weighted by molar-refractivity contribution is 5.94. The van der Waals surface area contributed by atoms with Crippen LogP contribution in [0.2, 0.25) is 0 Å². The van der Waals surface area contributed by atoms with Crippen LogP contribution in [0.5, 0.6) is 0 Å². The minimum absolute atomic E-state index is 0.0176. The molecule has 2 aromatic carbocycles. The fourth-order valence-electron chi connectivity index (χ4n) is 3.99. The van der Waals surface area contributed by atoms with E-state index in [1.807, 2.05) is 43.3 Å². The minimum Gasteiger partial charge on any atom is -0.398 e. The van der Waals surface area contributed by atoms with Gasteiger partial charge in [0.05, 0.1) is 19.3 Å². The summed E-state index contributed by atoms with van der Waals surface area (Å²) in [5, 5.41) is 19.0. The lowest BCUT2D eigenvalue weighted by Crippen LogP contribution is -2.38. The van der Waals surface area contributed by atoms with Gasteiger partial charge in [-0.25, -0.2) is 0 Å². The van der Waals surface area contributed by atoms with Gasteiger partial charge in [-0.05, 0) is 36.3 Å². The standard InChI is InChI=1S/C24H28N3O3/c1-17-8-9-22-21(14-17)26(3)24(30-22)16-18-15-23(27(10-12-28)11-13-29)25(2)20-7-5-4-6-19(18)20/h4-9,14-16,28-29H,10-13H2,1-3H3/q+1. The molecule has 0 radical (unpaired) electrons. The van der Waals surface area contributed by atoms with E-state index >= 15 is 0 Å². The molecule has 2 heterocycles. The van der Waals surface area contributed by atoms with Gasteiger partial charge in [0.1, 0.15) is 12.9 Å². The Balaban J connectivity index is 1.86. The van der Waals surface area contributed by atoms with Crippen molar-refractivity contribution in [2.75, 3.05) is 38.3 Å². The highest BCUT2D eigenvalue weighted by Gasteiger charge is 2.25. The van der Waals surface area contributed by atoms with E-state index in [9.17, 15) is 10.2 Å². The Morgan fingerprint density at radius 1 is 1.10 bits per heavy atom. The normalized spacial score (nSPS) is 14.9. The summed E-state index contributed by atoms with van der Waals surface area (Å²) in [4.78, 5) is 4.09. The maximum Gasteiger partial charge on any atom is 0.374 e. The third kappa shape index (κ3) is 3.60. The van der Waals surface area contributed by atoms with Crippen molar-refractivity contribution >= 4 is 28.4 Å². The van der Waals surface area contributed by atoms with Crippen LogP contribution in [0, 0.1) is 6.92 Å². The van der Waals surface area contributed by atoms with Crippen molar-refractivity contribution in [1.82, 2.24) is 4.90 Å². The van der Waals surface area contributed by atoms with E-state index in [2.05, 4.69) is 46.7 Å². The molecule has 156 valence electrons. The van der Waals surface area contributed by atoms with Gasteiger partial charge >= 0.3 is 5.89 Å². The van der Waals surface area contributed by atoms with Crippen molar-refractivity contribution in [1.29, 1.82) is 0 Å². The van der Waals surface area contributed by atoms with Crippen LogP contribution in [0.4, 0.5) is 5.69 Å². The Hall–Kier alpha value is -3.09. The highest BCUT2D eigenvalue weighted by Crippen LogP contribution is 2.37. The molecule has 2 N–H and O–H groups in total. The molecule has 30 heavy (non-hydrogen) atoms. The number of oxazole rings is 1. The van der Waals surface area contributed by atoms with Crippen LogP contribution >= 0.6 is 0 Å². The lowest BCUT2D eigenvalue weighted by Gasteiger charge is -2.37. The van der Waals surface area contributed by atoms with Crippen molar-refractivity contribution in [2.45, 2.75) is 6.92 Å². The molecule has 0 saturated carbocycles. The smallest absolute Gasteiger partial charge is 0.374 e. The molecule has 1 aromatic heterocycles. The molecule has 3 aromatic rings. The number of allylic oxidation sites excluding steroid dienone is 2. The van der Waals surface area contributed by atoms with Crippen molar-refractivity contribution < 1.29 is 19.2 Å². The Morgan fingerprint density at radius 3 is 2.57 bits per heavy atom. The Morgan fingerprint density at radius 2 is 1.83 bits per heavy atom. The first kappa shape index (κ1) is 20.2. The summed E-state index contributed by atoms with van der Waals surface area (Å²) in [6, 6.07) is 14.4. The number of para-hydroxylation sites is 1. The van der Waals surface area contributed by atoms with Gasteiger partial charge in [0, 0.05) is 37.5 Å². The van der Waals surface area contributed by atoms with Crippen molar-refractivity contribution in [3.05, 3.63) is 71.4 Å². The predicted molar refractivity (Wildman–Crippen MR) is 119 cm³/mol. The van der Waals surface area contributed by atoms with Crippen molar-refractivity contribution in [3.8, 4) is 0 Å². The molecule has 0 amide bonds. The number of aryl methyl sites for hydroxylation is 2. The fraction of sp³-hybridized carbons (Fsp3) is 0.292. The molecule has 1 aliphatic rings. The first-order valence-electron chi connectivity index (χ1n) is 10.2. The Bertz CT molecular complexity index is 1120. The van der Waals surface area contributed by atoms with Gasteiger partial charge in [-0.2, -0.15) is 4.57 Å². The third-order valence-electron chi connectivity index (χ3n) is 5.57. The molecule has 0 bridgehead atoms. The highest BCUT2D eigenvalue weighted by atomic mass is 16.3. The number of aromatic nitrogens is 1. The van der Waals surface area contributed by atoms with E-state index < -0.39 is 0 Å². The molecule has 0 atom stereocenters. The molecule has 6 heteroatoms. The summed E-state index contributed by atoms with van der Waals surface area (Å²) in [5.74, 6) is 1.69. The summed E-state index contributed by atoms with van der Waals surface area (Å²) in [6.45, 7) is 3.00. The van der Waals surface area contributed by atoms with Crippen LogP contribution in [-0.4, -0.2) is 48.5 Å². The number of aliphatic hydroxyl groups is 2. The number of hydrogen-bond donors (Lipinski definition) is 2. The van der Waals surface area contributed by atoms with Gasteiger partial charge in [0.25, 0.3) is 5.52 Å². The van der Waals surface area contributed by atoms with E-state index in [0.717, 1.165) is 39.6 Å². The van der Waals surface area contributed by atoms with Crippen LogP contribution in [0.3, 0.4) is 0 Å². The zero-order valence-electron chi connectivity index (χ0n) is 17.7. The molecular weight excluding hydrogens is 378 g/mol. The number of rotatable bonds is 6. The maximum absolute atomic E-state index is 9.51. The lowest BCUT2D eigenvalue weighted by molar-refractivity contribution is -0.651. The topological polar surface area (TPSA) is 64.0 Å². The summed E-state index contributed by atoms with van der Waals surface area (Å²) in [6.07, 6.45) is 4.14. The van der Waals surface area contributed by atoms with Gasteiger partial charge in [0.2, 0.25) is 5.58 Å². The number of fused-ring (bicyclic) bond motifs is 2. The maximum atomic E-state index is 9.51. The molecule has 4 rings (SSSR count). The van der Waals surface area contributed by atoms with Gasteiger partial charge in [-0.3, -0.25) is 0 Å². The Kier molecular flexibility index (Phi) is 5.61. The number of nitrogens with zero attached hydrogens (tertiary/aromatic N) is 3. The van der Waals surface area contributed by atoms with E-state index in [1.165, 1.54) is 5.56 Å². The second kappa shape index (κ2) is 8.34. The summed E-state index contributed by atoms with van der Waals surface area (Å²) in [7, 11) is 4.01. The van der Waals surface area contributed by atoms with Crippen LogP contribution in [0.15, 0.2) is 58.8 Å². The first-order valence-corrected chi connectivity index (χ1v) is 10.2.